The molecule has 2 rings (SSSR count). The average molecular weight is 308 g/mol. The van der Waals surface area contributed by atoms with Crippen LogP contribution in [0.5, 0.6) is 0 Å². The zero-order chi connectivity index (χ0) is 15.7. The largest absolute Gasteiger partial charge is 0.338 e. The van der Waals surface area contributed by atoms with E-state index in [0.717, 1.165) is 4.90 Å². The molecule has 2 N–H and O–H groups in total. The van der Waals surface area contributed by atoms with Crippen molar-refractivity contribution in [2.75, 3.05) is 19.6 Å². The summed E-state index contributed by atoms with van der Waals surface area (Å²) in [6, 6.07) is 0. The van der Waals surface area contributed by atoms with Crippen LogP contribution >= 0.6 is 0 Å². The van der Waals surface area contributed by atoms with Crippen LogP contribution in [-0.4, -0.2) is 30.4 Å². The minimum absolute atomic E-state index is 0.0696. The van der Waals surface area contributed by atoms with Crippen molar-refractivity contribution < 1.29 is 26.7 Å². The number of hydrogen-bond donors (Lipinski definition) is 1. The van der Waals surface area contributed by atoms with Crippen molar-refractivity contribution >= 4 is 5.91 Å². The highest BCUT2D eigenvalue weighted by molar-refractivity contribution is 5.95. The molecule has 0 radical (unpaired) electrons. The van der Waals surface area contributed by atoms with Gasteiger partial charge in [0.1, 0.15) is 5.56 Å². The Labute approximate surface area is 117 Å². The maximum atomic E-state index is 13.6. The summed E-state index contributed by atoms with van der Waals surface area (Å²) in [7, 11) is 0. The molecule has 21 heavy (non-hydrogen) atoms. The van der Waals surface area contributed by atoms with Crippen LogP contribution in [0, 0.1) is 35.0 Å². The van der Waals surface area contributed by atoms with Gasteiger partial charge in [0.05, 0.1) is 0 Å². The first-order valence-corrected chi connectivity index (χ1v) is 6.39. The molecule has 0 aromatic heterocycles. The van der Waals surface area contributed by atoms with E-state index in [1.54, 1.807) is 0 Å². The summed E-state index contributed by atoms with van der Waals surface area (Å²) in [6.07, 6.45) is 1.21. The lowest BCUT2D eigenvalue weighted by molar-refractivity contribution is 0.0773. The Hall–Kier alpha value is -1.70. The number of amides is 1. The number of rotatable bonds is 3. The van der Waals surface area contributed by atoms with Crippen LogP contribution in [0.1, 0.15) is 23.2 Å². The van der Waals surface area contributed by atoms with Crippen molar-refractivity contribution in [3.05, 3.63) is 34.6 Å². The van der Waals surface area contributed by atoms with Gasteiger partial charge in [0, 0.05) is 13.1 Å². The molecular formula is C13H13F5N2O. The highest BCUT2D eigenvalue weighted by Gasteiger charge is 2.34. The SMILES string of the molecule is NCCC1CCN(C(=O)c2c(F)c(F)c(F)c(F)c2F)C1. The number of nitrogens with two attached hydrogens (primary N) is 1. The predicted molar refractivity (Wildman–Crippen MR) is 63.9 cm³/mol. The van der Waals surface area contributed by atoms with Crippen LogP contribution in [0.25, 0.3) is 0 Å². The molecule has 1 aromatic rings. The van der Waals surface area contributed by atoms with Gasteiger partial charge in [-0.05, 0) is 25.3 Å². The third-order valence-corrected chi connectivity index (χ3v) is 3.57. The third kappa shape index (κ3) is 2.72. The fraction of sp³-hybridized carbons (Fsp3) is 0.462. The number of benzene rings is 1. The lowest BCUT2D eigenvalue weighted by Crippen LogP contribution is -2.31. The molecule has 1 amide bonds. The van der Waals surface area contributed by atoms with E-state index < -0.39 is 40.6 Å². The van der Waals surface area contributed by atoms with Crippen LogP contribution in [0.15, 0.2) is 0 Å². The topological polar surface area (TPSA) is 46.3 Å². The van der Waals surface area contributed by atoms with Gasteiger partial charge in [-0.25, -0.2) is 22.0 Å². The lowest BCUT2D eigenvalue weighted by Gasteiger charge is -2.17. The van der Waals surface area contributed by atoms with E-state index in [-0.39, 0.29) is 19.0 Å². The maximum Gasteiger partial charge on any atom is 0.260 e. The molecule has 1 fully saturated rings. The summed E-state index contributed by atoms with van der Waals surface area (Å²) in [5.41, 5.74) is 3.98. The molecule has 0 saturated carbocycles. The van der Waals surface area contributed by atoms with Gasteiger partial charge in [-0.1, -0.05) is 0 Å². The minimum Gasteiger partial charge on any atom is -0.338 e. The molecule has 1 atom stereocenters. The highest BCUT2D eigenvalue weighted by atomic mass is 19.2. The second kappa shape index (κ2) is 5.97. The van der Waals surface area contributed by atoms with E-state index in [4.69, 9.17) is 5.73 Å². The molecule has 1 aliphatic heterocycles. The van der Waals surface area contributed by atoms with Crippen molar-refractivity contribution in [3.63, 3.8) is 0 Å². The first kappa shape index (κ1) is 15.7. The predicted octanol–water partition coefficient (Wildman–Crippen LogP) is 2.19. The Balaban J connectivity index is 2.33. The second-order valence-electron chi connectivity index (χ2n) is 4.93. The van der Waals surface area contributed by atoms with Gasteiger partial charge >= 0.3 is 0 Å². The van der Waals surface area contributed by atoms with Gasteiger partial charge in [0.25, 0.3) is 5.91 Å². The second-order valence-corrected chi connectivity index (χ2v) is 4.93. The molecule has 1 heterocycles. The quantitative estimate of drug-likeness (QED) is 0.528. The summed E-state index contributed by atoms with van der Waals surface area (Å²) in [6.45, 7) is 0.785. The Bertz CT molecular complexity index is 549. The Morgan fingerprint density at radius 2 is 1.57 bits per heavy atom. The molecule has 8 heteroatoms. The number of nitrogens with zero attached hydrogens (tertiary/aromatic N) is 1. The van der Waals surface area contributed by atoms with E-state index in [9.17, 15) is 26.7 Å². The third-order valence-electron chi connectivity index (χ3n) is 3.57. The van der Waals surface area contributed by atoms with Crippen LogP contribution < -0.4 is 5.73 Å². The van der Waals surface area contributed by atoms with Gasteiger partial charge in [-0.3, -0.25) is 4.79 Å². The molecule has 3 nitrogen and oxygen atoms in total. The fourth-order valence-corrected chi connectivity index (χ4v) is 2.44. The number of carbonyl (C=O) groups is 1. The molecule has 1 aromatic carbocycles. The van der Waals surface area contributed by atoms with Gasteiger partial charge in [0.15, 0.2) is 23.3 Å². The van der Waals surface area contributed by atoms with E-state index in [1.165, 1.54) is 0 Å². The number of hydrogen-bond acceptors (Lipinski definition) is 2. The van der Waals surface area contributed by atoms with Crippen LogP contribution in [0.4, 0.5) is 22.0 Å². The number of halogens is 5. The van der Waals surface area contributed by atoms with Crippen molar-refractivity contribution in [3.8, 4) is 0 Å². The molecule has 116 valence electrons. The molecule has 1 aliphatic rings. The number of carbonyl (C=O) groups excluding carboxylic acids is 1. The van der Waals surface area contributed by atoms with Gasteiger partial charge in [0.2, 0.25) is 5.82 Å². The zero-order valence-corrected chi connectivity index (χ0v) is 10.9. The standard InChI is InChI=1S/C13H13F5N2O/c14-8-7(9(15)11(17)12(18)10(8)16)13(21)20-4-2-6(5-20)1-3-19/h6H,1-5,19H2. The molecule has 1 unspecified atom stereocenters. The zero-order valence-electron chi connectivity index (χ0n) is 10.9. The maximum absolute atomic E-state index is 13.6. The van der Waals surface area contributed by atoms with Gasteiger partial charge < -0.3 is 10.6 Å². The van der Waals surface area contributed by atoms with Crippen molar-refractivity contribution in [2.24, 2.45) is 11.7 Å². The minimum atomic E-state index is -2.27. The van der Waals surface area contributed by atoms with Crippen LogP contribution in [-0.2, 0) is 0 Å². The van der Waals surface area contributed by atoms with Gasteiger partial charge in [-0.2, -0.15) is 0 Å². The molecule has 1 saturated heterocycles. The number of likely N-dealkylation sites (tertiary alicyclic amines) is 1. The van der Waals surface area contributed by atoms with E-state index in [1.807, 2.05) is 0 Å². The summed E-state index contributed by atoms with van der Waals surface area (Å²) >= 11 is 0. The summed E-state index contributed by atoms with van der Waals surface area (Å²) in [4.78, 5) is 13.1. The van der Waals surface area contributed by atoms with Crippen molar-refractivity contribution in [1.29, 1.82) is 0 Å². The Kier molecular flexibility index (Phi) is 4.46. The molecule has 0 spiro atoms. The van der Waals surface area contributed by atoms with Crippen LogP contribution in [0.3, 0.4) is 0 Å². The summed E-state index contributed by atoms with van der Waals surface area (Å²) in [5.74, 6) is -11.8. The first-order chi connectivity index (χ1) is 9.88. The van der Waals surface area contributed by atoms with Gasteiger partial charge in [-0.15, -0.1) is 0 Å². The van der Waals surface area contributed by atoms with E-state index in [0.29, 0.717) is 19.4 Å². The lowest BCUT2D eigenvalue weighted by atomic mass is 10.1. The average Bonchev–Trinajstić information content (AvgIpc) is 2.92. The van der Waals surface area contributed by atoms with Crippen molar-refractivity contribution in [1.82, 2.24) is 4.90 Å². The molecule has 0 aliphatic carbocycles. The first-order valence-electron chi connectivity index (χ1n) is 6.39. The Morgan fingerprint density at radius 3 is 2.10 bits per heavy atom. The van der Waals surface area contributed by atoms with E-state index in [2.05, 4.69) is 0 Å². The van der Waals surface area contributed by atoms with Crippen molar-refractivity contribution in [2.45, 2.75) is 12.8 Å². The molecule has 0 bridgehead atoms. The summed E-state index contributed by atoms with van der Waals surface area (Å²) in [5, 5.41) is 0. The Morgan fingerprint density at radius 1 is 1.05 bits per heavy atom. The monoisotopic (exact) mass is 308 g/mol. The molecular weight excluding hydrogens is 295 g/mol. The summed E-state index contributed by atoms with van der Waals surface area (Å²) < 4.78 is 66.3. The smallest absolute Gasteiger partial charge is 0.260 e. The fourth-order valence-electron chi connectivity index (χ4n) is 2.44. The normalized spacial score (nSPS) is 18.4. The van der Waals surface area contributed by atoms with Crippen LogP contribution in [0.2, 0.25) is 0 Å². The van der Waals surface area contributed by atoms with E-state index >= 15 is 0 Å². The highest BCUT2D eigenvalue weighted by Crippen LogP contribution is 2.27.